The zero-order valence-electron chi connectivity index (χ0n) is 25.4. The number of aliphatic carboxylic acids is 1. The lowest BCUT2D eigenvalue weighted by molar-refractivity contribution is -0.139. The second-order valence-electron chi connectivity index (χ2n) is 11.5. The number of rotatable bonds is 21. The first kappa shape index (κ1) is 33.2. The van der Waals surface area contributed by atoms with E-state index < -0.39 is 18.1 Å². The normalized spacial score (nSPS) is 12.8. The zero-order chi connectivity index (χ0) is 30.0. The Labute approximate surface area is 251 Å². The summed E-state index contributed by atoms with van der Waals surface area (Å²) in [5.74, 6) is -1.12. The van der Waals surface area contributed by atoms with Gasteiger partial charge >= 0.3 is 12.1 Å². The summed E-state index contributed by atoms with van der Waals surface area (Å²) in [5, 5.41) is 15.0. The van der Waals surface area contributed by atoms with E-state index in [1.54, 1.807) is 0 Å². The molecule has 0 radical (unpaired) electrons. The van der Waals surface area contributed by atoms with Gasteiger partial charge in [-0.2, -0.15) is 0 Å². The van der Waals surface area contributed by atoms with Gasteiger partial charge in [0.05, 0.1) is 0 Å². The second kappa shape index (κ2) is 19.0. The number of benzene rings is 2. The molecule has 0 fully saturated rings. The van der Waals surface area contributed by atoms with Crippen LogP contribution in [0, 0.1) is 0 Å². The molecule has 7 heteroatoms. The molecule has 0 aromatic heterocycles. The van der Waals surface area contributed by atoms with Gasteiger partial charge in [0.2, 0.25) is 5.91 Å². The lowest BCUT2D eigenvalue weighted by Gasteiger charge is -2.17. The van der Waals surface area contributed by atoms with Crippen molar-refractivity contribution in [2.45, 2.75) is 115 Å². The lowest BCUT2D eigenvalue weighted by atomic mass is 9.98. The third-order valence-electron chi connectivity index (χ3n) is 8.18. The number of carboxylic acids is 1. The van der Waals surface area contributed by atoms with Crippen molar-refractivity contribution >= 4 is 18.0 Å². The molecule has 1 atom stereocenters. The predicted molar refractivity (Wildman–Crippen MR) is 168 cm³/mol. The van der Waals surface area contributed by atoms with Crippen molar-refractivity contribution in [1.82, 2.24) is 10.6 Å². The standard InChI is InChI=1S/C35H50N2O5/c1-2-3-4-5-6-7-8-9-10-11-12-24-33(38)36-25-18-17-23-32(34(39)40)37-35(41)42-26-31-29-21-15-13-19-27(29)28-20-14-16-22-30(28)31/h13-16,19-22,31-32H,2-12,17-18,23-26H2,1H3,(H,36,38)(H,37,41)(H,39,40). The van der Waals surface area contributed by atoms with Gasteiger partial charge < -0.3 is 20.5 Å². The van der Waals surface area contributed by atoms with E-state index in [2.05, 4.69) is 29.7 Å². The summed E-state index contributed by atoms with van der Waals surface area (Å²) in [7, 11) is 0. The molecule has 1 aliphatic carbocycles. The highest BCUT2D eigenvalue weighted by Gasteiger charge is 2.29. The van der Waals surface area contributed by atoms with E-state index in [0.717, 1.165) is 35.1 Å². The summed E-state index contributed by atoms with van der Waals surface area (Å²) in [5.41, 5.74) is 4.48. The minimum absolute atomic E-state index is 0.0532. The first-order valence-corrected chi connectivity index (χ1v) is 16.1. The number of amides is 2. The maximum atomic E-state index is 12.5. The van der Waals surface area contributed by atoms with Crippen molar-refractivity contribution in [3.63, 3.8) is 0 Å². The molecule has 0 saturated heterocycles. The van der Waals surface area contributed by atoms with Crippen molar-refractivity contribution in [3.05, 3.63) is 59.7 Å². The molecule has 230 valence electrons. The van der Waals surface area contributed by atoms with Gasteiger partial charge in [0, 0.05) is 18.9 Å². The predicted octanol–water partition coefficient (Wildman–Crippen LogP) is 7.97. The van der Waals surface area contributed by atoms with Crippen molar-refractivity contribution in [3.8, 4) is 11.1 Å². The molecule has 42 heavy (non-hydrogen) atoms. The Hall–Kier alpha value is -3.35. The Balaban J connectivity index is 1.24. The number of hydrogen-bond donors (Lipinski definition) is 3. The molecular formula is C35H50N2O5. The average Bonchev–Trinajstić information content (AvgIpc) is 3.31. The molecule has 2 aromatic carbocycles. The van der Waals surface area contributed by atoms with Crippen molar-refractivity contribution in [2.75, 3.05) is 13.2 Å². The molecule has 0 bridgehead atoms. The minimum atomic E-state index is -1.09. The largest absolute Gasteiger partial charge is 0.480 e. The monoisotopic (exact) mass is 578 g/mol. The van der Waals surface area contributed by atoms with Crippen LogP contribution in [0.25, 0.3) is 11.1 Å². The molecule has 2 amide bonds. The van der Waals surface area contributed by atoms with Gasteiger partial charge in [-0.15, -0.1) is 0 Å². The van der Waals surface area contributed by atoms with Gasteiger partial charge in [0.15, 0.2) is 0 Å². The van der Waals surface area contributed by atoms with Crippen LogP contribution in [0.5, 0.6) is 0 Å². The molecular weight excluding hydrogens is 528 g/mol. The third-order valence-corrected chi connectivity index (χ3v) is 8.18. The van der Waals surface area contributed by atoms with E-state index in [-0.39, 0.29) is 24.9 Å². The third kappa shape index (κ3) is 11.1. The Morgan fingerprint density at radius 1 is 0.762 bits per heavy atom. The van der Waals surface area contributed by atoms with Crippen molar-refractivity contribution in [1.29, 1.82) is 0 Å². The highest BCUT2D eigenvalue weighted by molar-refractivity contribution is 5.81. The van der Waals surface area contributed by atoms with Crippen LogP contribution in [0.4, 0.5) is 4.79 Å². The fourth-order valence-electron chi connectivity index (χ4n) is 5.78. The molecule has 1 unspecified atom stereocenters. The first-order chi connectivity index (χ1) is 20.5. The quantitative estimate of drug-likeness (QED) is 0.130. The van der Waals surface area contributed by atoms with E-state index >= 15 is 0 Å². The highest BCUT2D eigenvalue weighted by atomic mass is 16.5. The number of fused-ring (bicyclic) bond motifs is 3. The number of carbonyl (C=O) groups is 3. The van der Waals surface area contributed by atoms with Crippen LogP contribution in [0.15, 0.2) is 48.5 Å². The van der Waals surface area contributed by atoms with Crippen LogP contribution in [-0.2, 0) is 14.3 Å². The number of ether oxygens (including phenoxy) is 1. The van der Waals surface area contributed by atoms with Gasteiger partial charge in [-0.05, 0) is 47.9 Å². The van der Waals surface area contributed by atoms with Gasteiger partial charge in [0.1, 0.15) is 12.6 Å². The Bertz CT molecular complexity index is 1070. The van der Waals surface area contributed by atoms with Crippen LogP contribution >= 0.6 is 0 Å². The summed E-state index contributed by atoms with van der Waals surface area (Å²) in [6.45, 7) is 2.89. The summed E-state index contributed by atoms with van der Waals surface area (Å²) < 4.78 is 5.50. The summed E-state index contributed by atoms with van der Waals surface area (Å²) >= 11 is 0. The molecule has 3 N–H and O–H groups in total. The van der Waals surface area contributed by atoms with Gasteiger partial charge in [-0.3, -0.25) is 4.79 Å². The maximum Gasteiger partial charge on any atom is 0.407 e. The Kier molecular flexibility index (Phi) is 15.0. The van der Waals surface area contributed by atoms with Crippen LogP contribution < -0.4 is 10.6 Å². The molecule has 7 nitrogen and oxygen atoms in total. The fraction of sp³-hybridized carbons (Fsp3) is 0.571. The van der Waals surface area contributed by atoms with E-state index in [4.69, 9.17) is 4.74 Å². The van der Waals surface area contributed by atoms with E-state index in [1.807, 2.05) is 36.4 Å². The van der Waals surface area contributed by atoms with Gasteiger partial charge in [-0.1, -0.05) is 120 Å². The lowest BCUT2D eigenvalue weighted by Crippen LogP contribution is -2.41. The topological polar surface area (TPSA) is 105 Å². The summed E-state index contributed by atoms with van der Waals surface area (Å²) in [6, 6.07) is 15.1. The second-order valence-corrected chi connectivity index (χ2v) is 11.5. The highest BCUT2D eigenvalue weighted by Crippen LogP contribution is 2.44. The summed E-state index contributed by atoms with van der Waals surface area (Å²) in [4.78, 5) is 36.4. The number of unbranched alkanes of at least 4 members (excludes halogenated alkanes) is 11. The Morgan fingerprint density at radius 3 is 1.88 bits per heavy atom. The van der Waals surface area contributed by atoms with Gasteiger partial charge in [-0.25, -0.2) is 9.59 Å². The van der Waals surface area contributed by atoms with Gasteiger partial charge in [0.25, 0.3) is 0 Å². The number of nitrogens with one attached hydrogen (secondary N) is 2. The summed E-state index contributed by atoms with van der Waals surface area (Å²) in [6.07, 6.45) is 15.1. The number of alkyl carbamates (subject to hydrolysis) is 1. The van der Waals surface area contributed by atoms with E-state index in [0.29, 0.717) is 25.8 Å². The van der Waals surface area contributed by atoms with Crippen molar-refractivity contribution < 1.29 is 24.2 Å². The molecule has 3 rings (SSSR count). The number of carboxylic acid groups (broad SMARTS) is 1. The molecule has 0 heterocycles. The van der Waals surface area contributed by atoms with Crippen LogP contribution in [-0.4, -0.2) is 42.3 Å². The Morgan fingerprint density at radius 2 is 1.31 bits per heavy atom. The van der Waals surface area contributed by atoms with Crippen LogP contribution in [0.3, 0.4) is 0 Å². The first-order valence-electron chi connectivity index (χ1n) is 16.1. The molecule has 1 aliphatic rings. The van der Waals surface area contributed by atoms with Crippen LogP contribution in [0.2, 0.25) is 0 Å². The molecule has 0 aliphatic heterocycles. The fourth-order valence-corrected chi connectivity index (χ4v) is 5.78. The van der Waals surface area contributed by atoms with Crippen molar-refractivity contribution in [2.24, 2.45) is 0 Å². The SMILES string of the molecule is CCCCCCCCCCCCCC(=O)NCCCCC(NC(=O)OCC1c2ccccc2-c2ccccc21)C(=O)O. The molecule has 2 aromatic rings. The number of hydrogen-bond acceptors (Lipinski definition) is 4. The minimum Gasteiger partial charge on any atom is -0.480 e. The van der Waals surface area contributed by atoms with E-state index in [9.17, 15) is 19.5 Å². The number of carbonyl (C=O) groups excluding carboxylic acids is 2. The molecule has 0 spiro atoms. The van der Waals surface area contributed by atoms with E-state index in [1.165, 1.54) is 57.8 Å². The smallest absolute Gasteiger partial charge is 0.407 e. The van der Waals surface area contributed by atoms with Crippen LogP contribution in [0.1, 0.15) is 120 Å². The maximum absolute atomic E-state index is 12.5. The average molecular weight is 579 g/mol. The molecule has 0 saturated carbocycles. The zero-order valence-corrected chi connectivity index (χ0v) is 25.4.